The van der Waals surface area contributed by atoms with E-state index in [0.717, 1.165) is 25.9 Å². The maximum atomic E-state index is 13.1. The Morgan fingerprint density at radius 3 is 2.67 bits per heavy atom. The van der Waals surface area contributed by atoms with Crippen LogP contribution in [0.25, 0.3) is 22.8 Å². The number of carbonyl (C=O) groups excluding carboxylic acids is 1. The van der Waals surface area contributed by atoms with Gasteiger partial charge in [0.1, 0.15) is 0 Å². The molecule has 0 radical (unpaired) electrons. The summed E-state index contributed by atoms with van der Waals surface area (Å²) in [5.74, 6) is 1.25. The zero-order valence-electron chi connectivity index (χ0n) is 15.1. The van der Waals surface area contributed by atoms with Gasteiger partial charge in [0.2, 0.25) is 5.82 Å². The van der Waals surface area contributed by atoms with E-state index in [0.29, 0.717) is 39.3 Å². The van der Waals surface area contributed by atoms with E-state index in [1.165, 1.54) is 0 Å². The molecule has 27 heavy (non-hydrogen) atoms. The van der Waals surface area contributed by atoms with Gasteiger partial charge in [-0.05, 0) is 43.0 Å². The van der Waals surface area contributed by atoms with Crippen molar-refractivity contribution in [1.82, 2.24) is 15.0 Å². The molecule has 1 aliphatic rings. The first-order chi connectivity index (χ1) is 13.1. The first kappa shape index (κ1) is 17.7. The SMILES string of the molecule is C[C@H]1CCCN(C(=O)c2ccccc2-c2nc(-c3ccccc3Cl)no2)C1. The lowest BCUT2D eigenvalue weighted by atomic mass is 9.98. The van der Waals surface area contributed by atoms with Gasteiger partial charge in [-0.25, -0.2) is 0 Å². The van der Waals surface area contributed by atoms with Gasteiger partial charge in [-0.3, -0.25) is 4.79 Å². The van der Waals surface area contributed by atoms with Crippen LogP contribution < -0.4 is 0 Å². The number of hydrogen-bond donors (Lipinski definition) is 0. The van der Waals surface area contributed by atoms with Gasteiger partial charge >= 0.3 is 0 Å². The highest BCUT2D eigenvalue weighted by molar-refractivity contribution is 6.33. The van der Waals surface area contributed by atoms with E-state index in [1.807, 2.05) is 47.4 Å². The normalized spacial score (nSPS) is 17.1. The second kappa shape index (κ2) is 7.53. The zero-order valence-corrected chi connectivity index (χ0v) is 15.8. The van der Waals surface area contributed by atoms with Gasteiger partial charge in [0.15, 0.2) is 0 Å². The molecule has 2 aromatic carbocycles. The van der Waals surface area contributed by atoms with Gasteiger partial charge in [0, 0.05) is 18.7 Å². The Morgan fingerprint density at radius 2 is 1.89 bits per heavy atom. The van der Waals surface area contributed by atoms with Crippen molar-refractivity contribution in [1.29, 1.82) is 0 Å². The van der Waals surface area contributed by atoms with Crippen LogP contribution in [0, 0.1) is 5.92 Å². The highest BCUT2D eigenvalue weighted by Gasteiger charge is 2.25. The first-order valence-corrected chi connectivity index (χ1v) is 9.48. The maximum Gasteiger partial charge on any atom is 0.259 e. The van der Waals surface area contributed by atoms with Crippen molar-refractivity contribution in [2.75, 3.05) is 13.1 Å². The van der Waals surface area contributed by atoms with E-state index in [-0.39, 0.29) is 5.91 Å². The molecule has 1 aliphatic heterocycles. The largest absolute Gasteiger partial charge is 0.338 e. The summed E-state index contributed by atoms with van der Waals surface area (Å²) in [6.45, 7) is 3.74. The lowest BCUT2D eigenvalue weighted by Crippen LogP contribution is -2.39. The van der Waals surface area contributed by atoms with Crippen LogP contribution in [-0.2, 0) is 0 Å². The number of aromatic nitrogens is 2. The van der Waals surface area contributed by atoms with Crippen LogP contribution >= 0.6 is 11.6 Å². The van der Waals surface area contributed by atoms with E-state index in [2.05, 4.69) is 17.1 Å². The molecule has 0 spiro atoms. The van der Waals surface area contributed by atoms with Gasteiger partial charge in [0.25, 0.3) is 11.8 Å². The Bertz CT molecular complexity index is 969. The van der Waals surface area contributed by atoms with Crippen LogP contribution in [0.3, 0.4) is 0 Å². The Labute approximate surface area is 163 Å². The molecule has 0 aliphatic carbocycles. The number of rotatable bonds is 3. The van der Waals surface area contributed by atoms with Crippen LogP contribution in [0.1, 0.15) is 30.1 Å². The van der Waals surface area contributed by atoms with Crippen molar-refractivity contribution in [3.63, 3.8) is 0 Å². The molecule has 1 fully saturated rings. The summed E-state index contributed by atoms with van der Waals surface area (Å²) in [7, 11) is 0. The summed E-state index contributed by atoms with van der Waals surface area (Å²) < 4.78 is 5.47. The van der Waals surface area contributed by atoms with Crippen LogP contribution in [0.5, 0.6) is 0 Å². The Hall–Kier alpha value is -2.66. The average Bonchev–Trinajstić information content (AvgIpc) is 3.17. The summed E-state index contributed by atoms with van der Waals surface area (Å²) in [4.78, 5) is 19.5. The molecule has 0 N–H and O–H groups in total. The average molecular weight is 382 g/mol. The quantitative estimate of drug-likeness (QED) is 0.645. The Kier molecular flexibility index (Phi) is 4.94. The maximum absolute atomic E-state index is 13.1. The molecular weight excluding hydrogens is 362 g/mol. The molecule has 1 amide bonds. The third kappa shape index (κ3) is 3.60. The summed E-state index contributed by atoms with van der Waals surface area (Å²) in [6.07, 6.45) is 2.20. The number of hydrogen-bond acceptors (Lipinski definition) is 4. The predicted molar refractivity (Wildman–Crippen MR) is 104 cm³/mol. The molecule has 1 aromatic heterocycles. The van der Waals surface area contributed by atoms with Crippen molar-refractivity contribution in [2.24, 2.45) is 5.92 Å². The van der Waals surface area contributed by atoms with Gasteiger partial charge in [-0.1, -0.05) is 47.9 Å². The number of amides is 1. The molecule has 2 heterocycles. The van der Waals surface area contributed by atoms with Gasteiger partial charge in [-0.2, -0.15) is 4.98 Å². The fraction of sp³-hybridized carbons (Fsp3) is 0.286. The standard InChI is InChI=1S/C21H20ClN3O2/c1-14-7-6-12-25(13-14)21(26)16-9-3-2-8-15(16)20-23-19(24-27-20)17-10-4-5-11-18(17)22/h2-5,8-11,14H,6-7,12-13H2,1H3/t14-/m0/s1. The first-order valence-electron chi connectivity index (χ1n) is 9.11. The Balaban J connectivity index is 1.68. The molecule has 138 valence electrons. The van der Waals surface area contributed by atoms with Crippen molar-refractivity contribution in [2.45, 2.75) is 19.8 Å². The van der Waals surface area contributed by atoms with E-state index in [4.69, 9.17) is 16.1 Å². The number of piperidine rings is 1. The summed E-state index contributed by atoms with van der Waals surface area (Å²) in [5, 5.41) is 4.61. The van der Waals surface area contributed by atoms with Crippen LogP contribution in [0.15, 0.2) is 53.1 Å². The minimum atomic E-state index is 0.00893. The van der Waals surface area contributed by atoms with Gasteiger partial charge in [0.05, 0.1) is 16.1 Å². The van der Waals surface area contributed by atoms with E-state index in [1.54, 1.807) is 6.07 Å². The third-order valence-corrected chi connectivity index (χ3v) is 5.20. The van der Waals surface area contributed by atoms with Crippen molar-refractivity contribution in [3.8, 4) is 22.8 Å². The monoisotopic (exact) mass is 381 g/mol. The van der Waals surface area contributed by atoms with Crippen LogP contribution in [0.4, 0.5) is 0 Å². The third-order valence-electron chi connectivity index (χ3n) is 4.87. The minimum Gasteiger partial charge on any atom is -0.338 e. The summed E-state index contributed by atoms with van der Waals surface area (Å²) in [6, 6.07) is 14.7. The highest BCUT2D eigenvalue weighted by atomic mass is 35.5. The zero-order chi connectivity index (χ0) is 18.8. The number of likely N-dealkylation sites (tertiary alicyclic amines) is 1. The molecule has 1 atom stereocenters. The van der Waals surface area contributed by atoms with Gasteiger partial charge in [-0.15, -0.1) is 0 Å². The molecule has 0 saturated carbocycles. The smallest absolute Gasteiger partial charge is 0.259 e. The summed E-state index contributed by atoms with van der Waals surface area (Å²) in [5.41, 5.74) is 1.93. The molecule has 0 bridgehead atoms. The number of benzene rings is 2. The van der Waals surface area contributed by atoms with Crippen LogP contribution in [0.2, 0.25) is 5.02 Å². The Morgan fingerprint density at radius 1 is 1.15 bits per heavy atom. The topological polar surface area (TPSA) is 59.2 Å². The molecule has 3 aromatic rings. The lowest BCUT2D eigenvalue weighted by molar-refractivity contribution is 0.0683. The summed E-state index contributed by atoms with van der Waals surface area (Å²) >= 11 is 6.23. The number of carbonyl (C=O) groups is 1. The molecular formula is C21H20ClN3O2. The van der Waals surface area contributed by atoms with Crippen molar-refractivity contribution in [3.05, 3.63) is 59.1 Å². The molecule has 1 saturated heterocycles. The number of nitrogens with zero attached hydrogens (tertiary/aromatic N) is 3. The van der Waals surface area contributed by atoms with Crippen LogP contribution in [-0.4, -0.2) is 34.0 Å². The molecule has 5 nitrogen and oxygen atoms in total. The predicted octanol–water partition coefficient (Wildman–Crippen LogP) is 4.93. The lowest BCUT2D eigenvalue weighted by Gasteiger charge is -2.31. The molecule has 6 heteroatoms. The van der Waals surface area contributed by atoms with Gasteiger partial charge < -0.3 is 9.42 Å². The van der Waals surface area contributed by atoms with Crippen molar-refractivity contribution < 1.29 is 9.32 Å². The highest BCUT2D eigenvalue weighted by Crippen LogP contribution is 2.30. The fourth-order valence-electron chi connectivity index (χ4n) is 3.49. The van der Waals surface area contributed by atoms with E-state index < -0.39 is 0 Å². The molecule has 0 unspecified atom stereocenters. The second-order valence-electron chi connectivity index (χ2n) is 6.95. The van der Waals surface area contributed by atoms with E-state index >= 15 is 0 Å². The minimum absolute atomic E-state index is 0.00893. The fourth-order valence-corrected chi connectivity index (χ4v) is 3.71. The molecule has 4 rings (SSSR count). The van der Waals surface area contributed by atoms with E-state index in [9.17, 15) is 4.79 Å². The number of halogens is 1. The van der Waals surface area contributed by atoms with Crippen molar-refractivity contribution >= 4 is 17.5 Å². The second-order valence-corrected chi connectivity index (χ2v) is 7.35.